The number of benzene rings is 1. The van der Waals surface area contributed by atoms with Gasteiger partial charge in [-0.1, -0.05) is 43.8 Å². The van der Waals surface area contributed by atoms with Gasteiger partial charge in [-0.05, 0) is 31.9 Å². The number of thiazole rings is 1. The van der Waals surface area contributed by atoms with Crippen molar-refractivity contribution >= 4 is 40.0 Å². The average molecular weight is 459 g/mol. The number of anilines is 1. The van der Waals surface area contributed by atoms with E-state index in [1.54, 1.807) is 12.1 Å². The molecule has 0 spiro atoms. The third-order valence-corrected chi connectivity index (χ3v) is 6.75. The van der Waals surface area contributed by atoms with Crippen molar-refractivity contribution in [1.82, 2.24) is 25.1 Å². The third-order valence-electron chi connectivity index (χ3n) is 4.74. The van der Waals surface area contributed by atoms with Crippen molar-refractivity contribution in [3.8, 4) is 0 Å². The van der Waals surface area contributed by atoms with Crippen molar-refractivity contribution in [3.63, 3.8) is 0 Å². The number of nitrogens with zero attached hydrogens (tertiary/aromatic N) is 4. The van der Waals surface area contributed by atoms with Gasteiger partial charge in [0.1, 0.15) is 0 Å². The van der Waals surface area contributed by atoms with E-state index in [-0.39, 0.29) is 29.5 Å². The monoisotopic (exact) mass is 458 g/mol. The van der Waals surface area contributed by atoms with Crippen molar-refractivity contribution in [1.29, 1.82) is 0 Å². The molecule has 10 heteroatoms. The molecule has 3 aromatic rings. The summed E-state index contributed by atoms with van der Waals surface area (Å²) in [5.74, 6) is 0.624. The highest BCUT2D eigenvalue weighted by Gasteiger charge is 2.25. The normalized spacial score (nSPS) is 12.1. The molecule has 2 aromatic heterocycles. The van der Waals surface area contributed by atoms with E-state index in [9.17, 15) is 9.59 Å². The number of hydrogen-bond acceptors (Lipinski definition) is 7. The van der Waals surface area contributed by atoms with Crippen molar-refractivity contribution in [3.05, 3.63) is 52.3 Å². The largest absolute Gasteiger partial charge is 0.342 e. The van der Waals surface area contributed by atoms with Crippen LogP contribution in [-0.2, 0) is 11.8 Å². The molecule has 2 heterocycles. The van der Waals surface area contributed by atoms with E-state index in [2.05, 4.69) is 25.8 Å². The van der Waals surface area contributed by atoms with Crippen LogP contribution in [-0.4, -0.2) is 37.3 Å². The summed E-state index contributed by atoms with van der Waals surface area (Å²) in [7, 11) is 1.84. The van der Waals surface area contributed by atoms with Crippen LogP contribution in [0.2, 0.25) is 0 Å². The number of carbonyl (C=O) groups excluding carboxylic acids is 2. The zero-order valence-electron chi connectivity index (χ0n) is 18.2. The first-order valence-corrected chi connectivity index (χ1v) is 11.7. The van der Waals surface area contributed by atoms with Gasteiger partial charge in [-0.15, -0.1) is 21.5 Å². The van der Waals surface area contributed by atoms with E-state index in [0.717, 1.165) is 10.6 Å². The average Bonchev–Trinajstić information content (AvgIpc) is 3.25. The number of nitrogens with one attached hydrogen (secondary N) is 2. The highest BCUT2D eigenvalue weighted by molar-refractivity contribution is 7.99. The van der Waals surface area contributed by atoms with Crippen LogP contribution < -0.4 is 10.6 Å². The quantitative estimate of drug-likeness (QED) is 0.499. The number of hydrogen-bond donors (Lipinski definition) is 2. The summed E-state index contributed by atoms with van der Waals surface area (Å²) in [5, 5.41) is 15.6. The van der Waals surface area contributed by atoms with Crippen molar-refractivity contribution in [2.45, 2.75) is 38.9 Å². The van der Waals surface area contributed by atoms with Gasteiger partial charge >= 0.3 is 0 Å². The molecule has 1 atom stereocenters. The van der Waals surface area contributed by atoms with Crippen LogP contribution in [0.3, 0.4) is 0 Å². The molecule has 0 radical (unpaired) electrons. The molecule has 0 saturated heterocycles. The van der Waals surface area contributed by atoms with Crippen LogP contribution in [0.4, 0.5) is 5.13 Å². The Hall–Kier alpha value is -2.72. The van der Waals surface area contributed by atoms with E-state index in [4.69, 9.17) is 0 Å². The second kappa shape index (κ2) is 10.1. The van der Waals surface area contributed by atoms with E-state index < -0.39 is 0 Å². The molecule has 2 amide bonds. The lowest BCUT2D eigenvalue weighted by molar-refractivity contribution is -0.113. The molecule has 1 aromatic carbocycles. The minimum Gasteiger partial charge on any atom is -0.342 e. The lowest BCUT2D eigenvalue weighted by atomic mass is 10.0. The van der Waals surface area contributed by atoms with Crippen molar-refractivity contribution in [2.75, 3.05) is 11.1 Å². The Morgan fingerprint density at radius 2 is 1.87 bits per heavy atom. The number of aryl methyl sites for hydroxylation is 2. The fourth-order valence-corrected chi connectivity index (χ4v) is 4.43. The zero-order chi connectivity index (χ0) is 22.5. The molecule has 0 aliphatic rings. The second-order valence-corrected chi connectivity index (χ2v) is 9.60. The molecule has 2 N–H and O–H groups in total. The SMILES string of the molecule is Cc1nc(NC(=O)CSc2nnc([C@H](NC(=O)c3ccccc3)C(C)C)n2C)sc1C. The molecule has 0 unspecified atom stereocenters. The summed E-state index contributed by atoms with van der Waals surface area (Å²) >= 11 is 2.75. The van der Waals surface area contributed by atoms with Crippen LogP contribution in [0.15, 0.2) is 35.5 Å². The van der Waals surface area contributed by atoms with Gasteiger partial charge in [0, 0.05) is 17.5 Å². The molecule has 0 aliphatic carbocycles. The highest BCUT2D eigenvalue weighted by Crippen LogP contribution is 2.25. The lowest BCUT2D eigenvalue weighted by Gasteiger charge is -2.21. The van der Waals surface area contributed by atoms with Crippen LogP contribution in [0.1, 0.15) is 46.6 Å². The van der Waals surface area contributed by atoms with Crippen LogP contribution in [0, 0.1) is 19.8 Å². The first-order valence-electron chi connectivity index (χ1n) is 9.88. The standard InChI is InChI=1S/C21H26N6O2S2/c1-12(2)17(24-19(29)15-9-7-6-8-10-15)18-25-26-21(27(18)5)30-11-16(28)23-20-22-13(3)14(4)31-20/h6-10,12,17H,11H2,1-5H3,(H,24,29)(H,22,23,28)/t17-/m1/s1. The van der Waals surface area contributed by atoms with Gasteiger partial charge < -0.3 is 15.2 Å². The summed E-state index contributed by atoms with van der Waals surface area (Å²) in [6.07, 6.45) is 0. The van der Waals surface area contributed by atoms with Gasteiger partial charge in [-0.25, -0.2) is 4.98 Å². The maximum atomic E-state index is 12.6. The molecule has 3 rings (SSSR count). The predicted octanol–water partition coefficient (Wildman–Crippen LogP) is 3.75. The Morgan fingerprint density at radius 3 is 2.48 bits per heavy atom. The fourth-order valence-electron chi connectivity index (χ4n) is 2.88. The van der Waals surface area contributed by atoms with E-state index >= 15 is 0 Å². The summed E-state index contributed by atoms with van der Waals surface area (Å²) in [4.78, 5) is 30.3. The number of thioether (sulfide) groups is 1. The molecule has 8 nitrogen and oxygen atoms in total. The lowest BCUT2D eigenvalue weighted by Crippen LogP contribution is -2.33. The first-order chi connectivity index (χ1) is 14.8. The molecule has 0 bridgehead atoms. The first kappa shape index (κ1) is 23.0. The minimum atomic E-state index is -0.311. The number of amides is 2. The van der Waals surface area contributed by atoms with Gasteiger partial charge in [-0.2, -0.15) is 0 Å². The molecule has 0 saturated carbocycles. The van der Waals surface area contributed by atoms with E-state index in [0.29, 0.717) is 21.7 Å². The smallest absolute Gasteiger partial charge is 0.251 e. The predicted molar refractivity (Wildman–Crippen MR) is 123 cm³/mol. The summed E-state index contributed by atoms with van der Waals surface area (Å²) in [6.45, 7) is 7.92. The van der Waals surface area contributed by atoms with Crippen LogP contribution in [0.5, 0.6) is 0 Å². The molecule has 31 heavy (non-hydrogen) atoms. The second-order valence-electron chi connectivity index (χ2n) is 7.46. The summed E-state index contributed by atoms with van der Waals surface area (Å²) < 4.78 is 1.82. The van der Waals surface area contributed by atoms with Gasteiger partial charge in [-0.3, -0.25) is 9.59 Å². The van der Waals surface area contributed by atoms with Gasteiger partial charge in [0.05, 0.1) is 17.5 Å². The Bertz CT molecular complexity index is 1040. The maximum Gasteiger partial charge on any atom is 0.251 e. The fraction of sp³-hybridized carbons (Fsp3) is 0.381. The van der Waals surface area contributed by atoms with Gasteiger partial charge in [0.25, 0.3) is 5.91 Å². The Balaban J connectivity index is 1.65. The van der Waals surface area contributed by atoms with Crippen molar-refractivity contribution < 1.29 is 9.59 Å². The van der Waals surface area contributed by atoms with Crippen LogP contribution in [0.25, 0.3) is 0 Å². The molecule has 0 fully saturated rings. The summed E-state index contributed by atoms with van der Waals surface area (Å²) in [5.41, 5.74) is 1.51. The Kier molecular flexibility index (Phi) is 7.45. The molecular formula is C21H26N6O2S2. The number of aromatic nitrogens is 4. The third kappa shape index (κ3) is 5.71. The molecule has 164 valence electrons. The summed E-state index contributed by atoms with van der Waals surface area (Å²) in [6, 6.07) is 8.76. The minimum absolute atomic E-state index is 0.105. The van der Waals surface area contributed by atoms with E-state index in [1.165, 1.54) is 23.1 Å². The number of rotatable bonds is 8. The Morgan fingerprint density at radius 1 is 1.16 bits per heavy atom. The number of carbonyl (C=O) groups is 2. The Labute approximate surface area is 189 Å². The highest BCUT2D eigenvalue weighted by atomic mass is 32.2. The molecule has 0 aliphatic heterocycles. The molecular weight excluding hydrogens is 432 g/mol. The van der Waals surface area contributed by atoms with Crippen LogP contribution >= 0.6 is 23.1 Å². The van der Waals surface area contributed by atoms with E-state index in [1.807, 2.05) is 57.5 Å². The van der Waals surface area contributed by atoms with Crippen molar-refractivity contribution in [2.24, 2.45) is 13.0 Å². The van der Waals surface area contributed by atoms with Gasteiger partial charge in [0.2, 0.25) is 5.91 Å². The zero-order valence-corrected chi connectivity index (χ0v) is 19.8. The maximum absolute atomic E-state index is 12.6. The van der Waals surface area contributed by atoms with Gasteiger partial charge in [0.15, 0.2) is 16.1 Å². The topological polar surface area (TPSA) is 102 Å².